The molecule has 0 radical (unpaired) electrons. The van der Waals surface area contributed by atoms with Crippen molar-refractivity contribution in [1.29, 1.82) is 5.26 Å². The molecule has 1 heterocycles. The normalized spacial score (nSPS) is 10.7. The van der Waals surface area contributed by atoms with E-state index in [0.29, 0.717) is 21.7 Å². The van der Waals surface area contributed by atoms with Gasteiger partial charge < -0.3 is 5.73 Å². The van der Waals surface area contributed by atoms with E-state index >= 15 is 0 Å². The van der Waals surface area contributed by atoms with E-state index in [0.717, 1.165) is 22.3 Å². The second kappa shape index (κ2) is 6.60. The number of carbonyl (C=O) groups is 1. The number of benzene rings is 3. The Morgan fingerprint density at radius 3 is 2.74 bits per heavy atom. The number of aromatic nitrogens is 2. The maximum atomic E-state index is 11.4. The summed E-state index contributed by atoms with van der Waals surface area (Å²) >= 11 is 6.33. The first kappa shape index (κ1) is 16.8. The van der Waals surface area contributed by atoms with Gasteiger partial charge in [-0.1, -0.05) is 23.7 Å². The molecular formula is C21H13ClN4O. The first-order valence-corrected chi connectivity index (χ1v) is 8.52. The molecule has 5 nitrogen and oxygen atoms in total. The van der Waals surface area contributed by atoms with Crippen LogP contribution in [0.1, 0.15) is 15.9 Å². The second-order valence-corrected chi connectivity index (χ2v) is 6.45. The number of fused-ring (bicyclic) bond motifs is 1. The number of carbonyl (C=O) groups excluding carboxylic acids is 1. The summed E-state index contributed by atoms with van der Waals surface area (Å²) in [5.41, 5.74) is 10.4. The third-order valence-corrected chi connectivity index (χ3v) is 4.69. The lowest BCUT2D eigenvalue weighted by atomic mass is 10.0. The van der Waals surface area contributed by atoms with Crippen LogP contribution >= 0.6 is 11.6 Å². The fraction of sp³-hybridized carbons (Fsp3) is 0. The van der Waals surface area contributed by atoms with Gasteiger partial charge in [0.1, 0.15) is 6.33 Å². The zero-order chi connectivity index (χ0) is 19.0. The van der Waals surface area contributed by atoms with E-state index in [2.05, 4.69) is 11.1 Å². The molecule has 3 aromatic carbocycles. The van der Waals surface area contributed by atoms with Crippen LogP contribution in [0.3, 0.4) is 0 Å². The Balaban J connectivity index is 1.83. The van der Waals surface area contributed by atoms with Crippen molar-refractivity contribution in [2.24, 2.45) is 5.73 Å². The van der Waals surface area contributed by atoms with Gasteiger partial charge in [0.25, 0.3) is 0 Å². The minimum absolute atomic E-state index is 0.418. The van der Waals surface area contributed by atoms with E-state index in [1.807, 2.05) is 34.9 Å². The van der Waals surface area contributed by atoms with E-state index in [-0.39, 0.29) is 0 Å². The molecule has 0 aliphatic rings. The van der Waals surface area contributed by atoms with Crippen LogP contribution in [0.4, 0.5) is 0 Å². The van der Waals surface area contributed by atoms with Crippen LogP contribution in [-0.4, -0.2) is 15.5 Å². The molecule has 4 rings (SSSR count). The maximum Gasteiger partial charge on any atom is 0.248 e. The SMILES string of the molecule is N#Cc1ccc(Cl)c(-c2cccc(-n3cnc4cc(C(N)=O)ccc43)c2)c1. The number of rotatable bonds is 3. The Bertz CT molecular complexity index is 1240. The monoisotopic (exact) mass is 372 g/mol. The molecule has 1 aromatic heterocycles. The molecule has 6 heteroatoms. The highest BCUT2D eigenvalue weighted by atomic mass is 35.5. The molecule has 2 N–H and O–H groups in total. The number of nitrogens with two attached hydrogens (primary N) is 1. The summed E-state index contributed by atoms with van der Waals surface area (Å²) in [6.45, 7) is 0. The average Bonchev–Trinajstić information content (AvgIpc) is 3.11. The highest BCUT2D eigenvalue weighted by Gasteiger charge is 2.10. The third-order valence-electron chi connectivity index (χ3n) is 4.36. The number of hydrogen-bond donors (Lipinski definition) is 1. The van der Waals surface area contributed by atoms with Gasteiger partial charge in [0, 0.05) is 21.8 Å². The van der Waals surface area contributed by atoms with Crippen LogP contribution in [0.25, 0.3) is 27.8 Å². The molecule has 27 heavy (non-hydrogen) atoms. The number of nitrogens with zero attached hydrogens (tertiary/aromatic N) is 3. The standard InChI is InChI=1S/C21H13ClN4O/c22-18-6-4-13(11-23)8-17(18)14-2-1-3-16(9-14)26-12-25-19-10-15(21(24)27)5-7-20(19)26/h1-10,12H,(H2,24,27). The molecule has 0 bridgehead atoms. The number of imidazole rings is 1. The Labute approximate surface area is 160 Å². The maximum absolute atomic E-state index is 11.4. The minimum atomic E-state index is -0.486. The molecule has 0 saturated carbocycles. The van der Waals surface area contributed by atoms with Crippen molar-refractivity contribution >= 4 is 28.5 Å². The summed E-state index contributed by atoms with van der Waals surface area (Å²) in [5, 5.41) is 9.72. The highest BCUT2D eigenvalue weighted by Crippen LogP contribution is 2.31. The lowest BCUT2D eigenvalue weighted by molar-refractivity contribution is 0.100. The molecular weight excluding hydrogens is 360 g/mol. The lowest BCUT2D eigenvalue weighted by Gasteiger charge is -2.09. The van der Waals surface area contributed by atoms with Crippen LogP contribution in [-0.2, 0) is 0 Å². The molecule has 0 atom stereocenters. The van der Waals surface area contributed by atoms with E-state index in [1.54, 1.807) is 36.7 Å². The molecule has 1 amide bonds. The van der Waals surface area contributed by atoms with Gasteiger partial charge in [-0.3, -0.25) is 9.36 Å². The molecule has 4 aromatic rings. The molecule has 0 fully saturated rings. The first-order valence-electron chi connectivity index (χ1n) is 8.14. The fourth-order valence-corrected chi connectivity index (χ4v) is 3.24. The van der Waals surface area contributed by atoms with Crippen molar-refractivity contribution in [2.45, 2.75) is 0 Å². The predicted molar refractivity (Wildman–Crippen MR) is 105 cm³/mol. The Kier molecular flexibility index (Phi) is 4.11. The molecule has 0 saturated heterocycles. The van der Waals surface area contributed by atoms with Crippen molar-refractivity contribution < 1.29 is 4.79 Å². The molecule has 0 aliphatic heterocycles. The lowest BCUT2D eigenvalue weighted by Crippen LogP contribution is -2.10. The summed E-state index contributed by atoms with van der Waals surface area (Å²) in [7, 11) is 0. The predicted octanol–water partition coefficient (Wildman–Crippen LogP) is 4.32. The number of hydrogen-bond acceptors (Lipinski definition) is 3. The van der Waals surface area contributed by atoms with Gasteiger partial charge in [0.05, 0.1) is 22.7 Å². The summed E-state index contributed by atoms with van der Waals surface area (Å²) < 4.78 is 1.92. The quantitative estimate of drug-likeness (QED) is 0.581. The van der Waals surface area contributed by atoms with Gasteiger partial charge in [0.2, 0.25) is 5.91 Å². The molecule has 130 valence electrons. The van der Waals surface area contributed by atoms with Crippen molar-refractivity contribution in [3.05, 3.63) is 83.1 Å². The van der Waals surface area contributed by atoms with Crippen LogP contribution < -0.4 is 5.73 Å². The third kappa shape index (κ3) is 3.03. The smallest absolute Gasteiger partial charge is 0.248 e. The van der Waals surface area contributed by atoms with E-state index in [9.17, 15) is 4.79 Å². The van der Waals surface area contributed by atoms with Crippen molar-refractivity contribution in [3.63, 3.8) is 0 Å². The van der Waals surface area contributed by atoms with E-state index < -0.39 is 5.91 Å². The van der Waals surface area contributed by atoms with Gasteiger partial charge in [0.15, 0.2) is 0 Å². The summed E-state index contributed by atoms with van der Waals surface area (Å²) in [4.78, 5) is 15.7. The number of amides is 1. The van der Waals surface area contributed by atoms with Crippen LogP contribution in [0, 0.1) is 11.3 Å². The zero-order valence-electron chi connectivity index (χ0n) is 14.1. The second-order valence-electron chi connectivity index (χ2n) is 6.04. The Morgan fingerprint density at radius 1 is 1.11 bits per heavy atom. The summed E-state index contributed by atoms with van der Waals surface area (Å²) in [6, 6.07) is 20.3. The zero-order valence-corrected chi connectivity index (χ0v) is 14.8. The van der Waals surface area contributed by atoms with Crippen molar-refractivity contribution in [3.8, 4) is 22.9 Å². The molecule has 0 spiro atoms. The van der Waals surface area contributed by atoms with Crippen molar-refractivity contribution in [2.75, 3.05) is 0 Å². The van der Waals surface area contributed by atoms with Gasteiger partial charge >= 0.3 is 0 Å². The largest absolute Gasteiger partial charge is 0.366 e. The number of nitriles is 1. The topological polar surface area (TPSA) is 84.7 Å². The average molecular weight is 373 g/mol. The summed E-state index contributed by atoms with van der Waals surface area (Å²) in [5.74, 6) is -0.486. The Morgan fingerprint density at radius 2 is 1.96 bits per heavy atom. The van der Waals surface area contributed by atoms with E-state index in [1.165, 1.54) is 0 Å². The van der Waals surface area contributed by atoms with Gasteiger partial charge in [-0.15, -0.1) is 0 Å². The Hall–Kier alpha value is -3.62. The van der Waals surface area contributed by atoms with Gasteiger partial charge in [-0.25, -0.2) is 4.98 Å². The first-order chi connectivity index (χ1) is 13.1. The van der Waals surface area contributed by atoms with E-state index in [4.69, 9.17) is 22.6 Å². The van der Waals surface area contributed by atoms with Crippen molar-refractivity contribution in [1.82, 2.24) is 9.55 Å². The number of primary amides is 1. The summed E-state index contributed by atoms with van der Waals surface area (Å²) in [6.07, 6.45) is 1.70. The van der Waals surface area contributed by atoms with Crippen LogP contribution in [0.2, 0.25) is 5.02 Å². The minimum Gasteiger partial charge on any atom is -0.366 e. The van der Waals surface area contributed by atoms with Gasteiger partial charge in [-0.05, 0) is 54.1 Å². The van der Waals surface area contributed by atoms with Crippen LogP contribution in [0.15, 0.2) is 67.0 Å². The van der Waals surface area contributed by atoms with Gasteiger partial charge in [-0.2, -0.15) is 5.26 Å². The molecule has 0 aliphatic carbocycles. The van der Waals surface area contributed by atoms with Crippen LogP contribution in [0.5, 0.6) is 0 Å². The fourth-order valence-electron chi connectivity index (χ4n) is 3.01. The molecule has 0 unspecified atom stereocenters. The number of halogens is 1. The highest BCUT2D eigenvalue weighted by molar-refractivity contribution is 6.33.